The lowest BCUT2D eigenvalue weighted by molar-refractivity contribution is -0.141. The van der Waals surface area contributed by atoms with Crippen LogP contribution in [0.4, 0.5) is 23.2 Å². The minimum absolute atomic E-state index is 0.0578. The first-order valence-corrected chi connectivity index (χ1v) is 5.61. The fraction of sp³-hybridized carbons (Fsp3) is 0.0833. The number of alkyl halides is 3. The molecule has 8 heteroatoms. The molecule has 0 radical (unpaired) electrons. The number of nitrogen functional groups attached to an aromatic ring is 1. The van der Waals surface area contributed by atoms with Crippen LogP contribution in [-0.4, -0.2) is 4.98 Å². The molecule has 0 atom stereocenters. The molecule has 0 aliphatic rings. The van der Waals surface area contributed by atoms with Gasteiger partial charge in [0.25, 0.3) is 0 Å². The summed E-state index contributed by atoms with van der Waals surface area (Å²) in [6, 6.07) is 4.03. The second-order valence-corrected chi connectivity index (χ2v) is 4.19. The molecule has 2 rings (SSSR count). The number of nitrogens with two attached hydrogens (primary N) is 1. The van der Waals surface area contributed by atoms with Crippen molar-refractivity contribution >= 4 is 17.3 Å². The Morgan fingerprint density at radius 3 is 2.50 bits per heavy atom. The van der Waals surface area contributed by atoms with Crippen molar-refractivity contribution in [3.8, 4) is 11.5 Å². The van der Waals surface area contributed by atoms with Crippen LogP contribution in [0.2, 0.25) is 5.02 Å². The number of pyridine rings is 1. The van der Waals surface area contributed by atoms with Gasteiger partial charge < -0.3 is 10.5 Å². The van der Waals surface area contributed by atoms with Crippen molar-refractivity contribution in [3.05, 3.63) is 47.0 Å². The number of nitrogens with zero attached hydrogens (tertiary/aromatic N) is 1. The summed E-state index contributed by atoms with van der Waals surface area (Å²) >= 11 is 5.55. The van der Waals surface area contributed by atoms with E-state index in [1.54, 1.807) is 0 Å². The molecule has 0 bridgehead atoms. The Morgan fingerprint density at radius 2 is 1.90 bits per heavy atom. The molecule has 0 aliphatic heterocycles. The van der Waals surface area contributed by atoms with Crippen LogP contribution in [0, 0.1) is 5.82 Å². The molecule has 3 nitrogen and oxygen atoms in total. The summed E-state index contributed by atoms with van der Waals surface area (Å²) in [4.78, 5) is 3.17. The molecule has 106 valence electrons. The highest BCUT2D eigenvalue weighted by molar-refractivity contribution is 6.30. The third kappa shape index (κ3) is 3.11. The second kappa shape index (κ2) is 5.16. The average Bonchev–Trinajstić information content (AvgIpc) is 2.35. The van der Waals surface area contributed by atoms with Crippen molar-refractivity contribution in [2.75, 3.05) is 5.73 Å². The summed E-state index contributed by atoms with van der Waals surface area (Å²) in [7, 11) is 0. The van der Waals surface area contributed by atoms with Crippen molar-refractivity contribution in [2.45, 2.75) is 6.18 Å². The molecule has 0 aliphatic carbocycles. The minimum Gasteiger partial charge on any atom is -0.455 e. The fourth-order valence-corrected chi connectivity index (χ4v) is 1.53. The molecule has 0 saturated carbocycles. The van der Waals surface area contributed by atoms with E-state index in [-0.39, 0.29) is 22.2 Å². The Balaban J connectivity index is 2.35. The van der Waals surface area contributed by atoms with Crippen molar-refractivity contribution in [1.82, 2.24) is 4.98 Å². The van der Waals surface area contributed by atoms with Crippen LogP contribution in [0.15, 0.2) is 30.5 Å². The first-order chi connectivity index (χ1) is 9.27. The lowest BCUT2D eigenvalue weighted by atomic mass is 10.3. The third-order valence-corrected chi connectivity index (χ3v) is 2.59. The van der Waals surface area contributed by atoms with Crippen LogP contribution < -0.4 is 10.5 Å². The van der Waals surface area contributed by atoms with Crippen molar-refractivity contribution in [3.63, 3.8) is 0 Å². The molecule has 0 saturated heterocycles. The maximum absolute atomic E-state index is 13.0. The molecule has 0 unspecified atom stereocenters. The van der Waals surface area contributed by atoms with Crippen LogP contribution in [-0.2, 0) is 6.18 Å². The van der Waals surface area contributed by atoms with E-state index in [4.69, 9.17) is 22.1 Å². The number of benzene rings is 1. The van der Waals surface area contributed by atoms with E-state index in [0.29, 0.717) is 6.07 Å². The Kier molecular flexibility index (Phi) is 3.71. The third-order valence-electron chi connectivity index (χ3n) is 2.30. The van der Waals surface area contributed by atoms with E-state index >= 15 is 0 Å². The standard InChI is InChI=1S/C12H7ClF4N2O/c13-7-3-6(1-2-8(7)14)20-10-4-11(12(15,16)17)19-5-9(10)18/h1-5H,18H2. The van der Waals surface area contributed by atoms with Gasteiger partial charge in [-0.2, -0.15) is 13.2 Å². The SMILES string of the molecule is Nc1cnc(C(F)(F)F)cc1Oc1ccc(F)c(Cl)c1. The van der Waals surface area contributed by atoms with E-state index in [1.807, 2.05) is 0 Å². The predicted molar refractivity (Wildman–Crippen MR) is 65.1 cm³/mol. The second-order valence-electron chi connectivity index (χ2n) is 3.78. The van der Waals surface area contributed by atoms with Gasteiger partial charge in [-0.3, -0.25) is 0 Å². The Labute approximate surface area is 115 Å². The molecule has 0 fully saturated rings. The van der Waals surface area contributed by atoms with Crippen LogP contribution in [0.1, 0.15) is 5.69 Å². The van der Waals surface area contributed by atoms with Gasteiger partial charge in [-0.25, -0.2) is 9.37 Å². The highest BCUT2D eigenvalue weighted by Gasteiger charge is 2.33. The van der Waals surface area contributed by atoms with Gasteiger partial charge in [0.05, 0.1) is 16.9 Å². The van der Waals surface area contributed by atoms with Gasteiger partial charge in [-0.05, 0) is 12.1 Å². The maximum Gasteiger partial charge on any atom is 0.433 e. The van der Waals surface area contributed by atoms with Gasteiger partial charge in [0.1, 0.15) is 17.3 Å². The average molecular weight is 307 g/mol. The Hall–Kier alpha value is -2.02. The summed E-state index contributed by atoms with van der Waals surface area (Å²) in [6.07, 6.45) is -3.78. The molecule has 2 aromatic rings. The molecule has 1 heterocycles. The molecular weight excluding hydrogens is 300 g/mol. The zero-order valence-electron chi connectivity index (χ0n) is 9.71. The zero-order chi connectivity index (χ0) is 14.9. The maximum atomic E-state index is 13.0. The van der Waals surface area contributed by atoms with Crippen LogP contribution in [0.3, 0.4) is 0 Å². The molecule has 1 aromatic heterocycles. The Morgan fingerprint density at radius 1 is 1.20 bits per heavy atom. The van der Waals surface area contributed by atoms with Crippen molar-refractivity contribution in [1.29, 1.82) is 0 Å². The van der Waals surface area contributed by atoms with E-state index < -0.39 is 17.7 Å². The number of hydrogen-bond donors (Lipinski definition) is 1. The topological polar surface area (TPSA) is 48.1 Å². The monoisotopic (exact) mass is 306 g/mol. The van der Waals surface area contributed by atoms with Gasteiger partial charge in [0.15, 0.2) is 5.75 Å². The van der Waals surface area contributed by atoms with Gasteiger partial charge >= 0.3 is 6.18 Å². The number of hydrogen-bond acceptors (Lipinski definition) is 3. The quantitative estimate of drug-likeness (QED) is 0.843. The largest absolute Gasteiger partial charge is 0.455 e. The normalized spacial score (nSPS) is 11.4. The van der Waals surface area contributed by atoms with Gasteiger partial charge in [-0.15, -0.1) is 0 Å². The predicted octanol–water partition coefficient (Wildman–Crippen LogP) is 4.27. The number of anilines is 1. The number of ether oxygens (including phenoxy) is 1. The summed E-state index contributed by atoms with van der Waals surface area (Å²) in [5.41, 5.74) is 4.26. The molecular formula is C12H7ClF4N2O. The number of rotatable bonds is 2. The molecule has 20 heavy (non-hydrogen) atoms. The van der Waals surface area contributed by atoms with Gasteiger partial charge in [0, 0.05) is 12.1 Å². The van der Waals surface area contributed by atoms with Crippen LogP contribution in [0.5, 0.6) is 11.5 Å². The fourth-order valence-electron chi connectivity index (χ4n) is 1.36. The van der Waals surface area contributed by atoms with Gasteiger partial charge in [0.2, 0.25) is 0 Å². The van der Waals surface area contributed by atoms with Crippen LogP contribution in [0.25, 0.3) is 0 Å². The first-order valence-electron chi connectivity index (χ1n) is 5.23. The van der Waals surface area contributed by atoms with Gasteiger partial charge in [-0.1, -0.05) is 11.6 Å². The molecule has 2 N–H and O–H groups in total. The van der Waals surface area contributed by atoms with E-state index in [0.717, 1.165) is 18.3 Å². The lowest BCUT2D eigenvalue weighted by Crippen LogP contribution is -2.08. The molecule has 1 aromatic carbocycles. The molecule has 0 amide bonds. The lowest BCUT2D eigenvalue weighted by Gasteiger charge is -2.11. The number of aromatic nitrogens is 1. The number of halogens is 5. The van der Waals surface area contributed by atoms with Crippen molar-refractivity contribution in [2.24, 2.45) is 0 Å². The summed E-state index contributed by atoms with van der Waals surface area (Å²) < 4.78 is 55.7. The smallest absolute Gasteiger partial charge is 0.433 e. The highest BCUT2D eigenvalue weighted by Crippen LogP contribution is 2.34. The summed E-state index contributed by atoms with van der Waals surface area (Å²) in [5, 5.41) is -0.217. The van der Waals surface area contributed by atoms with E-state index in [9.17, 15) is 17.6 Å². The highest BCUT2D eigenvalue weighted by atomic mass is 35.5. The summed E-state index contributed by atoms with van der Waals surface area (Å²) in [6.45, 7) is 0. The zero-order valence-corrected chi connectivity index (χ0v) is 10.5. The van der Waals surface area contributed by atoms with E-state index in [2.05, 4.69) is 4.98 Å². The molecule has 0 spiro atoms. The van der Waals surface area contributed by atoms with Crippen molar-refractivity contribution < 1.29 is 22.3 Å². The minimum atomic E-state index is -4.62. The first kappa shape index (κ1) is 14.4. The van der Waals surface area contributed by atoms with E-state index in [1.165, 1.54) is 6.07 Å². The van der Waals surface area contributed by atoms with Crippen LogP contribution >= 0.6 is 11.6 Å². The summed E-state index contributed by atoms with van der Waals surface area (Å²) in [5.74, 6) is -0.852. The Bertz CT molecular complexity index is 646.